The van der Waals surface area contributed by atoms with Crippen LogP contribution in [0.1, 0.15) is 21.5 Å². The second-order valence-corrected chi connectivity index (χ2v) is 6.13. The highest BCUT2D eigenvalue weighted by molar-refractivity contribution is 5.98. The zero-order chi connectivity index (χ0) is 18.4. The third-order valence-electron chi connectivity index (χ3n) is 4.27. The molecule has 0 amide bonds. The van der Waals surface area contributed by atoms with Crippen LogP contribution in [0.15, 0.2) is 78.9 Å². The van der Waals surface area contributed by atoms with E-state index in [0.717, 1.165) is 22.3 Å². The van der Waals surface area contributed by atoms with Gasteiger partial charge in [-0.2, -0.15) is 0 Å². The van der Waals surface area contributed by atoms with Gasteiger partial charge in [-0.05, 0) is 29.2 Å². The van der Waals surface area contributed by atoms with Gasteiger partial charge in [0.2, 0.25) is 0 Å². The smallest absolute Gasteiger partial charge is 0.310 e. The van der Waals surface area contributed by atoms with Gasteiger partial charge in [-0.1, -0.05) is 78.9 Å². The Morgan fingerprint density at radius 3 is 2.08 bits per heavy atom. The third-order valence-corrected chi connectivity index (χ3v) is 4.27. The van der Waals surface area contributed by atoms with Gasteiger partial charge < -0.3 is 4.74 Å². The summed E-state index contributed by atoms with van der Waals surface area (Å²) >= 11 is 0. The Kier molecular flexibility index (Phi) is 5.59. The molecular weight excluding hydrogens is 324 g/mol. The molecule has 0 aliphatic heterocycles. The lowest BCUT2D eigenvalue weighted by molar-refractivity contribution is -0.141. The fraction of sp³-hybridized carbons (Fsp3) is 0.130. The minimum Gasteiger partial charge on any atom is -0.457 e. The van der Waals surface area contributed by atoms with E-state index < -0.39 is 5.97 Å². The molecule has 0 heterocycles. The molecule has 3 rings (SSSR count). The Labute approximate surface area is 153 Å². The highest BCUT2D eigenvalue weighted by Gasteiger charge is 2.11. The zero-order valence-corrected chi connectivity index (χ0v) is 14.6. The van der Waals surface area contributed by atoms with Crippen molar-refractivity contribution in [2.75, 3.05) is 6.61 Å². The van der Waals surface area contributed by atoms with Crippen LogP contribution in [-0.4, -0.2) is 18.4 Å². The number of Topliss-reactive ketones (excluding diaryl/α,β-unsaturated/α-hetero) is 1. The second-order valence-electron chi connectivity index (χ2n) is 6.13. The van der Waals surface area contributed by atoms with E-state index in [0.29, 0.717) is 5.56 Å². The average Bonchev–Trinajstić information content (AvgIpc) is 2.69. The highest BCUT2D eigenvalue weighted by Crippen LogP contribution is 2.19. The molecule has 0 spiro atoms. The summed E-state index contributed by atoms with van der Waals surface area (Å²) < 4.78 is 5.14. The summed E-state index contributed by atoms with van der Waals surface area (Å²) in [6.07, 6.45) is 0.174. The molecule has 0 bridgehead atoms. The summed E-state index contributed by atoms with van der Waals surface area (Å²) in [6, 6.07) is 24.9. The van der Waals surface area contributed by atoms with E-state index in [1.807, 2.05) is 73.7 Å². The van der Waals surface area contributed by atoms with Crippen molar-refractivity contribution in [1.29, 1.82) is 0 Å². The fourth-order valence-electron chi connectivity index (χ4n) is 2.72. The largest absolute Gasteiger partial charge is 0.457 e. The maximum absolute atomic E-state index is 12.2. The first kappa shape index (κ1) is 17.6. The summed E-state index contributed by atoms with van der Waals surface area (Å²) in [5.74, 6) is -0.601. The lowest BCUT2D eigenvalue weighted by atomic mass is 10.0. The molecule has 0 radical (unpaired) electrons. The predicted octanol–water partition coefficient (Wildman–Crippen LogP) is 4.63. The number of ether oxygens (including phenoxy) is 1. The minimum atomic E-state index is -0.395. The van der Waals surface area contributed by atoms with Gasteiger partial charge in [-0.15, -0.1) is 0 Å². The maximum Gasteiger partial charge on any atom is 0.310 e. The number of carbonyl (C=O) groups is 2. The monoisotopic (exact) mass is 344 g/mol. The maximum atomic E-state index is 12.2. The Morgan fingerprint density at radius 2 is 1.38 bits per heavy atom. The Bertz CT molecular complexity index is 896. The topological polar surface area (TPSA) is 43.4 Å². The van der Waals surface area contributed by atoms with E-state index in [9.17, 15) is 9.59 Å². The Balaban J connectivity index is 1.56. The van der Waals surface area contributed by atoms with Crippen LogP contribution < -0.4 is 0 Å². The van der Waals surface area contributed by atoms with Gasteiger partial charge in [-0.3, -0.25) is 9.59 Å². The molecule has 0 aromatic heterocycles. The first-order chi connectivity index (χ1) is 12.6. The Hall–Kier alpha value is -3.20. The molecule has 3 nitrogen and oxygen atoms in total. The van der Waals surface area contributed by atoms with Crippen molar-refractivity contribution >= 4 is 11.8 Å². The summed E-state index contributed by atoms with van der Waals surface area (Å²) in [4.78, 5) is 24.2. The lowest BCUT2D eigenvalue weighted by Gasteiger charge is -2.07. The van der Waals surface area contributed by atoms with Gasteiger partial charge in [-0.25, -0.2) is 0 Å². The second kappa shape index (κ2) is 8.26. The van der Waals surface area contributed by atoms with Crippen molar-refractivity contribution in [1.82, 2.24) is 0 Å². The van der Waals surface area contributed by atoms with Gasteiger partial charge in [0.05, 0.1) is 6.42 Å². The zero-order valence-electron chi connectivity index (χ0n) is 14.6. The van der Waals surface area contributed by atoms with Crippen molar-refractivity contribution in [3.63, 3.8) is 0 Å². The van der Waals surface area contributed by atoms with E-state index in [1.54, 1.807) is 12.1 Å². The molecule has 0 fully saturated rings. The molecule has 0 atom stereocenters. The molecule has 130 valence electrons. The number of rotatable bonds is 6. The first-order valence-electron chi connectivity index (χ1n) is 8.52. The molecule has 3 heteroatoms. The number of hydrogen-bond donors (Lipinski definition) is 0. The summed E-state index contributed by atoms with van der Waals surface area (Å²) in [5, 5.41) is 0. The van der Waals surface area contributed by atoms with E-state index in [1.165, 1.54) is 0 Å². The number of ketones is 1. The van der Waals surface area contributed by atoms with E-state index >= 15 is 0 Å². The SMILES string of the molecule is Cc1ccccc1CC(=O)OCC(=O)c1ccc(-c2ccccc2)cc1. The van der Waals surface area contributed by atoms with Crippen molar-refractivity contribution in [3.05, 3.63) is 95.6 Å². The van der Waals surface area contributed by atoms with E-state index in [-0.39, 0.29) is 18.8 Å². The summed E-state index contributed by atoms with van der Waals surface area (Å²) in [6.45, 7) is 1.71. The molecule has 0 N–H and O–H groups in total. The normalized spacial score (nSPS) is 10.3. The fourth-order valence-corrected chi connectivity index (χ4v) is 2.72. The van der Waals surface area contributed by atoms with Gasteiger partial charge in [0, 0.05) is 5.56 Å². The van der Waals surface area contributed by atoms with Gasteiger partial charge in [0.1, 0.15) is 0 Å². The number of aryl methyl sites for hydroxylation is 1. The summed E-state index contributed by atoms with van der Waals surface area (Å²) in [5.41, 5.74) is 4.62. The van der Waals surface area contributed by atoms with Crippen molar-refractivity contribution in [2.45, 2.75) is 13.3 Å². The minimum absolute atomic E-state index is 0.174. The van der Waals surface area contributed by atoms with Crippen LogP contribution in [0.4, 0.5) is 0 Å². The molecule has 0 aliphatic rings. The van der Waals surface area contributed by atoms with Crippen LogP contribution >= 0.6 is 0 Å². The van der Waals surface area contributed by atoms with Crippen LogP contribution in [-0.2, 0) is 16.0 Å². The average molecular weight is 344 g/mol. The van der Waals surface area contributed by atoms with Crippen LogP contribution in [0.25, 0.3) is 11.1 Å². The van der Waals surface area contributed by atoms with Crippen molar-refractivity contribution < 1.29 is 14.3 Å². The molecular formula is C23H20O3. The standard InChI is InChI=1S/C23H20O3/c1-17-7-5-6-10-21(17)15-23(25)26-16-22(24)20-13-11-19(12-14-20)18-8-3-2-4-9-18/h2-14H,15-16H2,1H3. The molecule has 26 heavy (non-hydrogen) atoms. The number of carbonyl (C=O) groups excluding carboxylic acids is 2. The van der Waals surface area contributed by atoms with Gasteiger partial charge in [0.15, 0.2) is 12.4 Å². The molecule has 0 saturated carbocycles. The predicted molar refractivity (Wildman–Crippen MR) is 102 cm³/mol. The lowest BCUT2D eigenvalue weighted by Crippen LogP contribution is -2.16. The summed E-state index contributed by atoms with van der Waals surface area (Å²) in [7, 11) is 0. The molecule has 0 aliphatic carbocycles. The number of esters is 1. The quantitative estimate of drug-likeness (QED) is 0.484. The van der Waals surface area contributed by atoms with Gasteiger partial charge in [0.25, 0.3) is 0 Å². The van der Waals surface area contributed by atoms with Crippen LogP contribution in [0.2, 0.25) is 0 Å². The first-order valence-corrected chi connectivity index (χ1v) is 8.52. The molecule has 0 unspecified atom stereocenters. The number of hydrogen-bond acceptors (Lipinski definition) is 3. The van der Waals surface area contributed by atoms with Crippen LogP contribution in [0, 0.1) is 6.92 Å². The van der Waals surface area contributed by atoms with Gasteiger partial charge >= 0.3 is 5.97 Å². The van der Waals surface area contributed by atoms with Crippen molar-refractivity contribution in [3.8, 4) is 11.1 Å². The van der Waals surface area contributed by atoms with Crippen molar-refractivity contribution in [2.24, 2.45) is 0 Å². The van der Waals surface area contributed by atoms with E-state index in [4.69, 9.17) is 4.74 Å². The molecule has 3 aromatic rings. The number of benzene rings is 3. The highest BCUT2D eigenvalue weighted by atomic mass is 16.5. The Morgan fingerprint density at radius 1 is 0.769 bits per heavy atom. The molecule has 3 aromatic carbocycles. The third kappa shape index (κ3) is 4.45. The van der Waals surface area contributed by atoms with Crippen LogP contribution in [0.3, 0.4) is 0 Å². The molecule has 0 saturated heterocycles. The van der Waals surface area contributed by atoms with E-state index in [2.05, 4.69) is 0 Å². The van der Waals surface area contributed by atoms with Crippen LogP contribution in [0.5, 0.6) is 0 Å².